The zero-order valence-corrected chi connectivity index (χ0v) is 14.3. The number of methoxy groups -OCH3 is 1. The predicted molar refractivity (Wildman–Crippen MR) is 95.0 cm³/mol. The normalized spacial score (nSPS) is 17.7. The van der Waals surface area contributed by atoms with E-state index in [1.807, 2.05) is 18.2 Å². The van der Waals surface area contributed by atoms with Crippen molar-refractivity contribution in [2.24, 2.45) is 0 Å². The molecule has 0 saturated carbocycles. The molecule has 2 aromatic rings. The van der Waals surface area contributed by atoms with Gasteiger partial charge in [0.1, 0.15) is 5.75 Å². The SMILES string of the molecule is COc1ccc(CN2CCC[C@H]2CO)cc1-c1cccc(N(O)O)c1. The van der Waals surface area contributed by atoms with Crippen LogP contribution in [0.4, 0.5) is 5.69 Å². The van der Waals surface area contributed by atoms with E-state index < -0.39 is 0 Å². The lowest BCUT2D eigenvalue weighted by Gasteiger charge is -2.23. The van der Waals surface area contributed by atoms with Crippen LogP contribution < -0.4 is 9.96 Å². The number of hydrogen-bond donors (Lipinski definition) is 3. The van der Waals surface area contributed by atoms with E-state index in [1.54, 1.807) is 25.3 Å². The van der Waals surface area contributed by atoms with Gasteiger partial charge < -0.3 is 9.84 Å². The van der Waals surface area contributed by atoms with Crippen molar-refractivity contribution in [3.05, 3.63) is 48.0 Å². The Labute approximate surface area is 147 Å². The van der Waals surface area contributed by atoms with Crippen molar-refractivity contribution in [3.63, 3.8) is 0 Å². The summed E-state index contributed by atoms with van der Waals surface area (Å²) < 4.78 is 5.48. The first-order chi connectivity index (χ1) is 12.1. The van der Waals surface area contributed by atoms with Crippen molar-refractivity contribution in [1.82, 2.24) is 4.90 Å². The molecule has 1 aliphatic rings. The van der Waals surface area contributed by atoms with Gasteiger partial charge in [-0.25, -0.2) is 0 Å². The van der Waals surface area contributed by atoms with Gasteiger partial charge in [0, 0.05) is 18.2 Å². The van der Waals surface area contributed by atoms with Crippen molar-refractivity contribution < 1.29 is 20.3 Å². The van der Waals surface area contributed by atoms with Crippen LogP contribution in [0.1, 0.15) is 18.4 Å². The van der Waals surface area contributed by atoms with Crippen molar-refractivity contribution in [3.8, 4) is 16.9 Å². The molecular formula is C19H24N2O4. The number of nitrogens with zero attached hydrogens (tertiary/aromatic N) is 2. The van der Waals surface area contributed by atoms with E-state index >= 15 is 0 Å². The zero-order chi connectivity index (χ0) is 17.8. The Bertz CT molecular complexity index is 720. The molecule has 1 heterocycles. The van der Waals surface area contributed by atoms with Gasteiger partial charge in [0.25, 0.3) is 0 Å². The number of ether oxygens (including phenoxy) is 1. The average molecular weight is 344 g/mol. The Morgan fingerprint density at radius 2 is 2.04 bits per heavy atom. The molecule has 3 N–H and O–H groups in total. The number of aliphatic hydroxyl groups is 1. The van der Waals surface area contributed by atoms with Gasteiger partial charge in [0.05, 0.1) is 19.4 Å². The molecule has 0 radical (unpaired) electrons. The number of likely N-dealkylation sites (tertiary alicyclic amines) is 1. The first-order valence-electron chi connectivity index (χ1n) is 8.42. The third-order valence-corrected chi connectivity index (χ3v) is 4.75. The predicted octanol–water partition coefficient (Wildman–Crippen LogP) is 2.90. The molecule has 1 atom stereocenters. The summed E-state index contributed by atoms with van der Waals surface area (Å²) in [4.78, 5) is 2.30. The molecule has 0 spiro atoms. The Balaban J connectivity index is 1.91. The number of aliphatic hydroxyl groups excluding tert-OH is 1. The van der Waals surface area contributed by atoms with Gasteiger partial charge in [-0.05, 0) is 54.8 Å². The van der Waals surface area contributed by atoms with Crippen LogP contribution >= 0.6 is 0 Å². The molecule has 0 aliphatic carbocycles. The molecule has 3 rings (SSSR count). The largest absolute Gasteiger partial charge is 0.496 e. The molecule has 1 saturated heterocycles. The minimum Gasteiger partial charge on any atom is -0.496 e. The minimum atomic E-state index is 0.107. The fourth-order valence-electron chi connectivity index (χ4n) is 3.42. The smallest absolute Gasteiger partial charge is 0.126 e. The van der Waals surface area contributed by atoms with Gasteiger partial charge in [0.15, 0.2) is 0 Å². The van der Waals surface area contributed by atoms with E-state index in [0.717, 1.165) is 48.4 Å². The van der Waals surface area contributed by atoms with E-state index in [4.69, 9.17) is 4.74 Å². The van der Waals surface area contributed by atoms with Crippen molar-refractivity contribution in [2.75, 3.05) is 25.5 Å². The second kappa shape index (κ2) is 7.84. The summed E-state index contributed by atoms with van der Waals surface area (Å²) in [6.45, 7) is 1.95. The molecule has 0 bridgehead atoms. The fraction of sp³-hybridized carbons (Fsp3) is 0.368. The number of hydrogen-bond acceptors (Lipinski definition) is 6. The van der Waals surface area contributed by atoms with Crippen LogP contribution in [0.3, 0.4) is 0 Å². The van der Waals surface area contributed by atoms with Crippen molar-refractivity contribution in [1.29, 1.82) is 0 Å². The van der Waals surface area contributed by atoms with E-state index in [9.17, 15) is 15.5 Å². The molecule has 1 aliphatic heterocycles. The van der Waals surface area contributed by atoms with Crippen molar-refractivity contribution in [2.45, 2.75) is 25.4 Å². The molecule has 2 aromatic carbocycles. The highest BCUT2D eigenvalue weighted by atomic mass is 16.8. The van der Waals surface area contributed by atoms with Gasteiger partial charge in [-0.3, -0.25) is 15.3 Å². The van der Waals surface area contributed by atoms with Gasteiger partial charge in [0.2, 0.25) is 0 Å². The third-order valence-electron chi connectivity index (χ3n) is 4.75. The van der Waals surface area contributed by atoms with Crippen LogP contribution in [0.5, 0.6) is 5.75 Å². The monoisotopic (exact) mass is 344 g/mol. The van der Waals surface area contributed by atoms with Gasteiger partial charge in [-0.1, -0.05) is 18.2 Å². The molecule has 0 amide bonds. The standard InChI is InChI=1S/C19H24N2O4/c1-25-19-8-7-14(12-20-9-3-6-17(20)13-22)10-18(19)15-4-2-5-16(11-15)21(23)24/h2,4-5,7-8,10-11,17,22-24H,3,6,9,12-13H2,1H3/t17-/m0/s1. The maximum absolute atomic E-state index is 9.50. The molecule has 6 heteroatoms. The topological polar surface area (TPSA) is 76.4 Å². The number of rotatable bonds is 6. The van der Waals surface area contributed by atoms with Crippen LogP contribution in [-0.4, -0.2) is 46.7 Å². The fourth-order valence-corrected chi connectivity index (χ4v) is 3.42. The molecule has 0 unspecified atom stereocenters. The highest BCUT2D eigenvalue weighted by Crippen LogP contribution is 2.33. The lowest BCUT2D eigenvalue weighted by Crippen LogP contribution is -2.31. The van der Waals surface area contributed by atoms with E-state index in [2.05, 4.69) is 11.0 Å². The first kappa shape index (κ1) is 17.7. The highest BCUT2D eigenvalue weighted by molar-refractivity contribution is 5.74. The summed E-state index contributed by atoms with van der Waals surface area (Å²) in [5.41, 5.74) is 3.14. The molecule has 25 heavy (non-hydrogen) atoms. The van der Waals surface area contributed by atoms with E-state index in [1.165, 1.54) is 0 Å². The van der Waals surface area contributed by atoms with Gasteiger partial charge in [-0.2, -0.15) is 0 Å². The zero-order valence-electron chi connectivity index (χ0n) is 14.3. The molecule has 0 aromatic heterocycles. The Morgan fingerprint density at radius 3 is 2.76 bits per heavy atom. The Hall–Kier alpha value is -2.12. The second-order valence-corrected chi connectivity index (χ2v) is 6.32. The summed E-state index contributed by atoms with van der Waals surface area (Å²) in [6.07, 6.45) is 2.14. The van der Waals surface area contributed by atoms with Crippen LogP contribution in [0.15, 0.2) is 42.5 Å². The van der Waals surface area contributed by atoms with Crippen LogP contribution in [0.2, 0.25) is 0 Å². The van der Waals surface area contributed by atoms with Crippen LogP contribution in [-0.2, 0) is 6.54 Å². The molecule has 1 fully saturated rings. The minimum absolute atomic E-state index is 0.107. The summed E-state index contributed by atoms with van der Waals surface area (Å²) in [5.74, 6) is 0.725. The summed E-state index contributed by atoms with van der Waals surface area (Å²) in [5, 5.41) is 28.1. The van der Waals surface area contributed by atoms with Gasteiger partial charge >= 0.3 is 0 Å². The Kier molecular flexibility index (Phi) is 5.55. The second-order valence-electron chi connectivity index (χ2n) is 6.32. The maximum atomic E-state index is 9.50. The molecule has 6 nitrogen and oxygen atoms in total. The summed E-state index contributed by atoms with van der Waals surface area (Å²) in [7, 11) is 1.62. The molecule has 134 valence electrons. The maximum Gasteiger partial charge on any atom is 0.126 e. The quantitative estimate of drug-likeness (QED) is 0.700. The van der Waals surface area contributed by atoms with Crippen LogP contribution in [0, 0.1) is 0 Å². The average Bonchev–Trinajstić information content (AvgIpc) is 3.09. The van der Waals surface area contributed by atoms with E-state index in [0.29, 0.717) is 0 Å². The Morgan fingerprint density at radius 1 is 1.20 bits per heavy atom. The summed E-state index contributed by atoms with van der Waals surface area (Å²) in [6, 6.07) is 13.2. The molecular weight excluding hydrogens is 320 g/mol. The van der Waals surface area contributed by atoms with Gasteiger partial charge in [-0.15, -0.1) is 5.23 Å². The van der Waals surface area contributed by atoms with Crippen molar-refractivity contribution >= 4 is 5.69 Å². The summed E-state index contributed by atoms with van der Waals surface area (Å²) >= 11 is 0. The van der Waals surface area contributed by atoms with Crippen LogP contribution in [0.25, 0.3) is 11.1 Å². The highest BCUT2D eigenvalue weighted by Gasteiger charge is 2.23. The van der Waals surface area contributed by atoms with E-state index in [-0.39, 0.29) is 23.6 Å². The number of anilines is 1. The lowest BCUT2D eigenvalue weighted by atomic mass is 10.0. The third kappa shape index (κ3) is 3.93. The first-order valence-corrected chi connectivity index (χ1v) is 8.42. The number of benzene rings is 2. The lowest BCUT2D eigenvalue weighted by molar-refractivity contribution is 0.0292.